The summed E-state index contributed by atoms with van der Waals surface area (Å²) in [5.74, 6) is -0.487. The number of amides is 4. The minimum absolute atomic E-state index is 0.170. The van der Waals surface area contributed by atoms with Crippen molar-refractivity contribution in [2.75, 3.05) is 19.6 Å². The lowest BCUT2D eigenvalue weighted by atomic mass is 9.88. The molecule has 1 spiro atoms. The molecule has 0 radical (unpaired) electrons. The van der Waals surface area contributed by atoms with E-state index in [2.05, 4.69) is 16.0 Å². The maximum absolute atomic E-state index is 12.6. The Bertz CT molecular complexity index is 467. The summed E-state index contributed by atoms with van der Waals surface area (Å²) in [6.07, 6.45) is 6.62. The SMILES string of the molecule is O=C(CN1C(=O)NC2(CCNCC2)C1=O)NC1CCCCC1. The number of hydrogen-bond acceptors (Lipinski definition) is 4. The van der Waals surface area contributed by atoms with E-state index >= 15 is 0 Å². The third-order valence-electron chi connectivity index (χ3n) is 4.98. The second kappa shape index (κ2) is 6.24. The molecule has 3 rings (SSSR count). The molecule has 3 fully saturated rings. The van der Waals surface area contributed by atoms with Gasteiger partial charge >= 0.3 is 6.03 Å². The van der Waals surface area contributed by atoms with Crippen LogP contribution in [-0.2, 0) is 9.59 Å². The molecule has 1 aliphatic carbocycles. The lowest BCUT2D eigenvalue weighted by Gasteiger charge is -2.31. The van der Waals surface area contributed by atoms with Gasteiger partial charge in [0.15, 0.2) is 0 Å². The normalized spacial score (nSPS) is 25.4. The summed E-state index contributed by atoms with van der Waals surface area (Å²) in [7, 11) is 0. The fraction of sp³-hybridized carbons (Fsp3) is 0.800. The van der Waals surface area contributed by atoms with Crippen LogP contribution >= 0.6 is 0 Å². The van der Waals surface area contributed by atoms with Crippen LogP contribution in [-0.4, -0.2) is 54.0 Å². The first-order chi connectivity index (χ1) is 10.6. The molecule has 0 unspecified atom stereocenters. The lowest BCUT2D eigenvalue weighted by Crippen LogP contribution is -2.54. The first kappa shape index (κ1) is 15.3. The predicted molar refractivity (Wildman–Crippen MR) is 80.1 cm³/mol. The molecule has 0 aromatic rings. The van der Waals surface area contributed by atoms with Crippen LogP contribution in [0.1, 0.15) is 44.9 Å². The largest absolute Gasteiger partial charge is 0.352 e. The van der Waals surface area contributed by atoms with Crippen molar-refractivity contribution in [3.63, 3.8) is 0 Å². The third-order valence-corrected chi connectivity index (χ3v) is 4.98. The molecule has 122 valence electrons. The van der Waals surface area contributed by atoms with E-state index in [0.29, 0.717) is 25.9 Å². The molecule has 0 aromatic carbocycles. The fourth-order valence-corrected chi connectivity index (χ4v) is 3.68. The molecule has 0 atom stereocenters. The van der Waals surface area contributed by atoms with Gasteiger partial charge < -0.3 is 16.0 Å². The van der Waals surface area contributed by atoms with Crippen molar-refractivity contribution in [3.8, 4) is 0 Å². The third kappa shape index (κ3) is 2.95. The summed E-state index contributed by atoms with van der Waals surface area (Å²) >= 11 is 0. The minimum Gasteiger partial charge on any atom is -0.352 e. The second-order valence-corrected chi connectivity index (χ2v) is 6.56. The zero-order chi connectivity index (χ0) is 15.6. The molecule has 7 nitrogen and oxygen atoms in total. The average molecular weight is 308 g/mol. The van der Waals surface area contributed by atoms with Crippen molar-refractivity contribution < 1.29 is 14.4 Å². The summed E-state index contributed by atoms with van der Waals surface area (Å²) in [6.45, 7) is 1.23. The monoisotopic (exact) mass is 308 g/mol. The van der Waals surface area contributed by atoms with Crippen LogP contribution in [0.25, 0.3) is 0 Å². The van der Waals surface area contributed by atoms with Crippen molar-refractivity contribution >= 4 is 17.8 Å². The van der Waals surface area contributed by atoms with Crippen LogP contribution in [0.3, 0.4) is 0 Å². The van der Waals surface area contributed by atoms with Crippen LogP contribution in [0.2, 0.25) is 0 Å². The zero-order valence-corrected chi connectivity index (χ0v) is 12.8. The molecule has 3 N–H and O–H groups in total. The Morgan fingerprint density at radius 1 is 1.18 bits per heavy atom. The van der Waals surface area contributed by atoms with E-state index in [4.69, 9.17) is 0 Å². The van der Waals surface area contributed by atoms with Gasteiger partial charge in [0.2, 0.25) is 5.91 Å². The van der Waals surface area contributed by atoms with Crippen LogP contribution < -0.4 is 16.0 Å². The summed E-state index contributed by atoms with van der Waals surface area (Å²) in [4.78, 5) is 37.8. The molecule has 0 aromatic heterocycles. The van der Waals surface area contributed by atoms with Crippen LogP contribution in [0.15, 0.2) is 0 Å². The van der Waals surface area contributed by atoms with E-state index in [1.165, 1.54) is 6.42 Å². The number of rotatable bonds is 3. The van der Waals surface area contributed by atoms with Gasteiger partial charge in [-0.3, -0.25) is 14.5 Å². The molecule has 22 heavy (non-hydrogen) atoms. The number of nitrogens with zero attached hydrogens (tertiary/aromatic N) is 1. The van der Waals surface area contributed by atoms with Crippen LogP contribution in [0, 0.1) is 0 Å². The van der Waals surface area contributed by atoms with Crippen LogP contribution in [0.5, 0.6) is 0 Å². The van der Waals surface area contributed by atoms with E-state index in [0.717, 1.165) is 30.6 Å². The van der Waals surface area contributed by atoms with Gasteiger partial charge in [-0.25, -0.2) is 4.79 Å². The van der Waals surface area contributed by atoms with E-state index in [9.17, 15) is 14.4 Å². The number of hydrogen-bond donors (Lipinski definition) is 3. The van der Waals surface area contributed by atoms with Gasteiger partial charge in [0.05, 0.1) is 0 Å². The highest BCUT2D eigenvalue weighted by Gasteiger charge is 2.51. The number of piperidine rings is 1. The fourth-order valence-electron chi connectivity index (χ4n) is 3.68. The molecule has 7 heteroatoms. The van der Waals surface area contributed by atoms with Gasteiger partial charge in [-0.05, 0) is 38.8 Å². The molecule has 4 amide bonds. The second-order valence-electron chi connectivity index (χ2n) is 6.56. The van der Waals surface area contributed by atoms with Crippen molar-refractivity contribution in [2.45, 2.75) is 56.5 Å². The maximum atomic E-state index is 12.6. The first-order valence-electron chi connectivity index (χ1n) is 8.25. The first-order valence-corrected chi connectivity index (χ1v) is 8.25. The van der Waals surface area contributed by atoms with Gasteiger partial charge in [-0.1, -0.05) is 19.3 Å². The predicted octanol–water partition coefficient (Wildman–Crippen LogP) is 0.109. The quantitative estimate of drug-likeness (QED) is 0.646. The Morgan fingerprint density at radius 3 is 2.55 bits per heavy atom. The van der Waals surface area contributed by atoms with Gasteiger partial charge in [-0.15, -0.1) is 0 Å². The molecule has 3 aliphatic rings. The topological polar surface area (TPSA) is 90.5 Å². The smallest absolute Gasteiger partial charge is 0.325 e. The Balaban J connectivity index is 1.58. The van der Waals surface area contributed by atoms with Crippen LogP contribution in [0.4, 0.5) is 4.79 Å². The maximum Gasteiger partial charge on any atom is 0.325 e. The number of imide groups is 1. The molecule has 1 saturated carbocycles. The Hall–Kier alpha value is -1.63. The van der Waals surface area contributed by atoms with Gasteiger partial charge in [0.1, 0.15) is 12.1 Å². The number of nitrogens with one attached hydrogen (secondary N) is 3. The summed E-state index contributed by atoms with van der Waals surface area (Å²) in [5.41, 5.74) is -0.798. The summed E-state index contributed by atoms with van der Waals surface area (Å²) in [5, 5.41) is 8.93. The summed E-state index contributed by atoms with van der Waals surface area (Å²) in [6, 6.07) is -0.249. The standard InChI is InChI=1S/C15H24N4O3/c20-12(17-11-4-2-1-3-5-11)10-19-13(21)15(18-14(19)22)6-8-16-9-7-15/h11,16H,1-10H2,(H,17,20)(H,18,22). The molecular formula is C15H24N4O3. The minimum atomic E-state index is -0.798. The molecule has 2 aliphatic heterocycles. The highest BCUT2D eigenvalue weighted by Crippen LogP contribution is 2.26. The highest BCUT2D eigenvalue weighted by molar-refractivity contribution is 6.09. The van der Waals surface area contributed by atoms with Crippen molar-refractivity contribution in [3.05, 3.63) is 0 Å². The summed E-state index contributed by atoms with van der Waals surface area (Å²) < 4.78 is 0. The lowest BCUT2D eigenvalue weighted by molar-refractivity contribution is -0.135. The molecular weight excluding hydrogens is 284 g/mol. The Labute approximate surface area is 130 Å². The number of urea groups is 1. The highest BCUT2D eigenvalue weighted by atomic mass is 16.2. The molecule has 2 heterocycles. The zero-order valence-electron chi connectivity index (χ0n) is 12.8. The van der Waals surface area contributed by atoms with Gasteiger partial charge in [0, 0.05) is 6.04 Å². The van der Waals surface area contributed by atoms with Gasteiger partial charge in [-0.2, -0.15) is 0 Å². The van der Waals surface area contributed by atoms with E-state index in [1.54, 1.807) is 0 Å². The van der Waals surface area contributed by atoms with Crippen molar-refractivity contribution in [1.82, 2.24) is 20.9 Å². The average Bonchev–Trinajstić information content (AvgIpc) is 2.73. The van der Waals surface area contributed by atoms with Gasteiger partial charge in [0.25, 0.3) is 5.91 Å². The van der Waals surface area contributed by atoms with Crippen molar-refractivity contribution in [2.24, 2.45) is 0 Å². The molecule has 2 saturated heterocycles. The molecule has 0 bridgehead atoms. The Kier molecular flexibility index (Phi) is 4.33. The Morgan fingerprint density at radius 2 is 1.86 bits per heavy atom. The number of carbonyl (C=O) groups is 3. The number of carbonyl (C=O) groups excluding carboxylic acids is 3. The van der Waals surface area contributed by atoms with E-state index in [-0.39, 0.29) is 24.4 Å². The van der Waals surface area contributed by atoms with E-state index in [1.807, 2.05) is 0 Å². The van der Waals surface area contributed by atoms with E-state index < -0.39 is 11.6 Å². The van der Waals surface area contributed by atoms with Crippen molar-refractivity contribution in [1.29, 1.82) is 0 Å².